The molecule has 6 nitrogen and oxygen atoms in total. The molecule has 1 heterocycles. The second-order valence-corrected chi connectivity index (χ2v) is 4.20. The first-order valence-corrected chi connectivity index (χ1v) is 5.63. The summed E-state index contributed by atoms with van der Waals surface area (Å²) in [6.45, 7) is 1.44. The number of benzene rings is 1. The van der Waals surface area contributed by atoms with Gasteiger partial charge in [0.15, 0.2) is 5.54 Å². The number of amides is 1. The average molecular weight is 259 g/mol. The Kier molecular flexibility index (Phi) is 3.33. The molecule has 98 valence electrons. The molecule has 0 aliphatic carbocycles. The fraction of sp³-hybridized carbons (Fsp3) is 0.154. The summed E-state index contributed by atoms with van der Waals surface area (Å²) in [5, 5.41) is 11.9. The van der Waals surface area contributed by atoms with Crippen LogP contribution in [0.2, 0.25) is 0 Å². The van der Waals surface area contributed by atoms with Crippen LogP contribution in [0.25, 0.3) is 0 Å². The van der Waals surface area contributed by atoms with E-state index in [0.29, 0.717) is 5.56 Å². The Morgan fingerprint density at radius 2 is 2.00 bits per heavy atom. The van der Waals surface area contributed by atoms with Gasteiger partial charge in [0.25, 0.3) is 0 Å². The SMILES string of the molecule is CC(NC(=O)n1ccnc1)(C(=O)O)c1ccccc1. The second-order valence-electron chi connectivity index (χ2n) is 4.20. The predicted molar refractivity (Wildman–Crippen MR) is 67.6 cm³/mol. The first-order valence-electron chi connectivity index (χ1n) is 5.63. The highest BCUT2D eigenvalue weighted by Gasteiger charge is 2.37. The summed E-state index contributed by atoms with van der Waals surface area (Å²) in [6.07, 6.45) is 4.20. The molecular formula is C13H13N3O3. The zero-order valence-electron chi connectivity index (χ0n) is 10.3. The Morgan fingerprint density at radius 1 is 1.32 bits per heavy atom. The Morgan fingerprint density at radius 3 is 2.53 bits per heavy atom. The number of imidazole rings is 1. The maximum absolute atomic E-state index is 11.9. The largest absolute Gasteiger partial charge is 0.479 e. The van der Waals surface area contributed by atoms with Gasteiger partial charge in [-0.05, 0) is 12.5 Å². The number of carbonyl (C=O) groups is 2. The van der Waals surface area contributed by atoms with Gasteiger partial charge in [0.1, 0.15) is 6.33 Å². The van der Waals surface area contributed by atoms with Crippen molar-refractivity contribution in [1.82, 2.24) is 14.9 Å². The van der Waals surface area contributed by atoms with Crippen LogP contribution in [0.3, 0.4) is 0 Å². The maximum atomic E-state index is 11.9. The number of carboxylic acids is 1. The second kappa shape index (κ2) is 4.93. The van der Waals surface area contributed by atoms with Gasteiger partial charge < -0.3 is 10.4 Å². The Labute approximate surface area is 109 Å². The lowest BCUT2D eigenvalue weighted by molar-refractivity contribution is -0.144. The van der Waals surface area contributed by atoms with Gasteiger partial charge in [-0.15, -0.1) is 0 Å². The molecule has 0 aliphatic heterocycles. The number of hydrogen-bond acceptors (Lipinski definition) is 3. The number of carbonyl (C=O) groups excluding carboxylic acids is 1. The normalized spacial score (nSPS) is 13.5. The lowest BCUT2D eigenvalue weighted by Gasteiger charge is -2.26. The zero-order valence-corrected chi connectivity index (χ0v) is 10.3. The quantitative estimate of drug-likeness (QED) is 0.873. The molecule has 1 atom stereocenters. The maximum Gasteiger partial charge on any atom is 0.333 e. The van der Waals surface area contributed by atoms with E-state index in [1.165, 1.54) is 30.2 Å². The Balaban J connectivity index is 2.31. The summed E-state index contributed by atoms with van der Waals surface area (Å²) in [4.78, 5) is 27.2. The van der Waals surface area contributed by atoms with Gasteiger partial charge in [-0.3, -0.25) is 4.57 Å². The summed E-state index contributed by atoms with van der Waals surface area (Å²) in [6, 6.07) is 7.99. The van der Waals surface area contributed by atoms with Crippen molar-refractivity contribution in [2.45, 2.75) is 12.5 Å². The van der Waals surface area contributed by atoms with Crippen molar-refractivity contribution in [3.63, 3.8) is 0 Å². The molecule has 19 heavy (non-hydrogen) atoms. The van der Waals surface area contributed by atoms with Gasteiger partial charge in [0.2, 0.25) is 0 Å². The molecule has 0 bridgehead atoms. The first kappa shape index (κ1) is 12.8. The van der Waals surface area contributed by atoms with Crippen LogP contribution >= 0.6 is 0 Å². The molecule has 0 radical (unpaired) electrons. The lowest BCUT2D eigenvalue weighted by Crippen LogP contribution is -2.50. The Hall–Kier alpha value is -2.63. The van der Waals surface area contributed by atoms with Gasteiger partial charge in [-0.25, -0.2) is 14.6 Å². The minimum Gasteiger partial charge on any atom is -0.479 e. The molecule has 1 unspecified atom stereocenters. The summed E-state index contributed by atoms with van der Waals surface area (Å²) in [5.41, 5.74) is -1.00. The standard InChI is InChI=1S/C13H13N3O3/c1-13(11(17)18,10-5-3-2-4-6-10)15-12(19)16-8-7-14-9-16/h2-9H,1H3,(H,15,19)(H,17,18). The van der Waals surface area contributed by atoms with Crippen molar-refractivity contribution in [3.8, 4) is 0 Å². The molecule has 0 aliphatic rings. The highest BCUT2D eigenvalue weighted by molar-refractivity contribution is 5.87. The fourth-order valence-corrected chi connectivity index (χ4v) is 1.68. The van der Waals surface area contributed by atoms with E-state index in [2.05, 4.69) is 10.3 Å². The summed E-state index contributed by atoms with van der Waals surface area (Å²) < 4.78 is 1.18. The molecule has 0 spiro atoms. The molecular weight excluding hydrogens is 246 g/mol. The number of carboxylic acid groups (broad SMARTS) is 1. The van der Waals surface area contributed by atoms with Gasteiger partial charge in [0, 0.05) is 12.4 Å². The number of nitrogens with zero attached hydrogens (tertiary/aromatic N) is 2. The van der Waals surface area contributed by atoms with Gasteiger partial charge in [-0.2, -0.15) is 0 Å². The van der Waals surface area contributed by atoms with Crippen LogP contribution in [0, 0.1) is 0 Å². The fourth-order valence-electron chi connectivity index (χ4n) is 1.68. The van der Waals surface area contributed by atoms with E-state index in [1.54, 1.807) is 30.3 Å². The monoisotopic (exact) mass is 259 g/mol. The minimum atomic E-state index is -1.50. The van der Waals surface area contributed by atoms with E-state index < -0.39 is 17.5 Å². The highest BCUT2D eigenvalue weighted by atomic mass is 16.4. The van der Waals surface area contributed by atoms with Crippen LogP contribution in [0.5, 0.6) is 0 Å². The molecule has 0 saturated carbocycles. The summed E-state index contributed by atoms with van der Waals surface area (Å²) >= 11 is 0. The number of aromatic nitrogens is 2. The third kappa shape index (κ3) is 2.47. The third-order valence-electron chi connectivity index (χ3n) is 2.87. The zero-order chi connectivity index (χ0) is 13.9. The van der Waals surface area contributed by atoms with E-state index in [9.17, 15) is 14.7 Å². The van der Waals surface area contributed by atoms with E-state index in [4.69, 9.17) is 0 Å². The third-order valence-corrected chi connectivity index (χ3v) is 2.87. The van der Waals surface area contributed by atoms with Crippen LogP contribution in [-0.2, 0) is 10.3 Å². The molecule has 0 saturated heterocycles. The number of nitrogens with one attached hydrogen (secondary N) is 1. The van der Waals surface area contributed by atoms with Crippen molar-refractivity contribution in [2.24, 2.45) is 0 Å². The topological polar surface area (TPSA) is 84.2 Å². The molecule has 6 heteroatoms. The number of rotatable bonds is 3. The van der Waals surface area contributed by atoms with Crippen molar-refractivity contribution in [3.05, 3.63) is 54.6 Å². The van der Waals surface area contributed by atoms with E-state index >= 15 is 0 Å². The van der Waals surface area contributed by atoms with Gasteiger partial charge in [-0.1, -0.05) is 30.3 Å². The number of aliphatic carboxylic acids is 1. The summed E-state index contributed by atoms with van der Waals surface area (Å²) in [7, 11) is 0. The van der Waals surface area contributed by atoms with Crippen LogP contribution in [0.4, 0.5) is 4.79 Å². The van der Waals surface area contributed by atoms with Crippen molar-refractivity contribution < 1.29 is 14.7 Å². The molecule has 1 amide bonds. The molecule has 2 aromatic rings. The van der Waals surface area contributed by atoms with E-state index in [0.717, 1.165) is 0 Å². The van der Waals surface area contributed by atoms with Crippen molar-refractivity contribution in [1.29, 1.82) is 0 Å². The van der Waals surface area contributed by atoms with E-state index in [-0.39, 0.29) is 0 Å². The predicted octanol–water partition coefficient (Wildman–Crippen LogP) is 1.44. The van der Waals surface area contributed by atoms with Gasteiger partial charge in [0.05, 0.1) is 0 Å². The van der Waals surface area contributed by atoms with Crippen molar-refractivity contribution >= 4 is 12.0 Å². The van der Waals surface area contributed by atoms with Crippen molar-refractivity contribution in [2.75, 3.05) is 0 Å². The van der Waals surface area contributed by atoms with Crippen LogP contribution in [-0.4, -0.2) is 26.7 Å². The smallest absolute Gasteiger partial charge is 0.333 e. The average Bonchev–Trinajstić information content (AvgIpc) is 2.93. The first-order chi connectivity index (χ1) is 9.04. The lowest BCUT2D eigenvalue weighted by atomic mass is 9.92. The van der Waals surface area contributed by atoms with Crippen LogP contribution in [0.1, 0.15) is 12.5 Å². The van der Waals surface area contributed by atoms with Gasteiger partial charge >= 0.3 is 12.0 Å². The van der Waals surface area contributed by atoms with E-state index in [1.807, 2.05) is 0 Å². The molecule has 2 rings (SSSR count). The Bertz CT molecular complexity index is 580. The highest BCUT2D eigenvalue weighted by Crippen LogP contribution is 2.21. The summed E-state index contributed by atoms with van der Waals surface area (Å²) in [5.74, 6) is -1.13. The van der Waals surface area contributed by atoms with Crippen LogP contribution < -0.4 is 5.32 Å². The van der Waals surface area contributed by atoms with Crippen LogP contribution in [0.15, 0.2) is 49.1 Å². The molecule has 2 N–H and O–H groups in total. The minimum absolute atomic E-state index is 0.496. The number of hydrogen-bond donors (Lipinski definition) is 2. The molecule has 1 aromatic heterocycles. The molecule has 0 fully saturated rings. The molecule has 1 aromatic carbocycles.